The third-order valence-corrected chi connectivity index (χ3v) is 4.45. The SMILES string of the molecule is COc1ccc(CCN2CCN(c3cc(C#N)ccn3)CC2)cc1. The van der Waals surface area contributed by atoms with Gasteiger partial charge in [0.25, 0.3) is 0 Å². The van der Waals surface area contributed by atoms with Gasteiger partial charge in [0, 0.05) is 38.9 Å². The van der Waals surface area contributed by atoms with E-state index in [1.807, 2.05) is 18.2 Å². The minimum absolute atomic E-state index is 0.668. The minimum Gasteiger partial charge on any atom is -0.497 e. The molecule has 0 unspecified atom stereocenters. The third-order valence-electron chi connectivity index (χ3n) is 4.45. The number of hydrogen-bond donors (Lipinski definition) is 0. The van der Waals surface area contributed by atoms with Gasteiger partial charge in [-0.2, -0.15) is 5.26 Å². The number of piperazine rings is 1. The van der Waals surface area contributed by atoms with Crippen molar-refractivity contribution in [3.8, 4) is 11.8 Å². The monoisotopic (exact) mass is 322 g/mol. The maximum absolute atomic E-state index is 9.00. The van der Waals surface area contributed by atoms with Crippen LogP contribution in [0.2, 0.25) is 0 Å². The van der Waals surface area contributed by atoms with Crippen molar-refractivity contribution >= 4 is 5.82 Å². The van der Waals surface area contributed by atoms with E-state index in [0.717, 1.165) is 50.7 Å². The predicted octanol–water partition coefficient (Wildman–Crippen LogP) is 2.33. The molecule has 0 spiro atoms. The summed E-state index contributed by atoms with van der Waals surface area (Å²) >= 11 is 0. The Morgan fingerprint density at radius 1 is 1.12 bits per heavy atom. The number of hydrogen-bond acceptors (Lipinski definition) is 5. The van der Waals surface area contributed by atoms with E-state index in [0.29, 0.717) is 5.56 Å². The standard InChI is InChI=1S/C19H22N4O/c1-24-18-4-2-16(3-5-18)7-9-22-10-12-23(13-11-22)19-14-17(15-20)6-8-21-19/h2-6,8,14H,7,9-13H2,1H3. The highest BCUT2D eigenvalue weighted by molar-refractivity contribution is 5.45. The van der Waals surface area contributed by atoms with Crippen LogP contribution < -0.4 is 9.64 Å². The van der Waals surface area contributed by atoms with Gasteiger partial charge in [0.1, 0.15) is 11.6 Å². The maximum atomic E-state index is 9.00. The van der Waals surface area contributed by atoms with Crippen LogP contribution in [0.4, 0.5) is 5.82 Å². The molecule has 24 heavy (non-hydrogen) atoms. The van der Waals surface area contributed by atoms with E-state index in [9.17, 15) is 0 Å². The van der Waals surface area contributed by atoms with E-state index in [4.69, 9.17) is 10.00 Å². The van der Waals surface area contributed by atoms with Gasteiger partial charge in [-0.25, -0.2) is 4.98 Å². The molecule has 124 valence electrons. The Morgan fingerprint density at radius 2 is 1.88 bits per heavy atom. The lowest BCUT2D eigenvalue weighted by atomic mass is 10.1. The zero-order valence-corrected chi connectivity index (χ0v) is 14.0. The molecule has 1 aliphatic heterocycles. The van der Waals surface area contributed by atoms with E-state index in [-0.39, 0.29) is 0 Å². The summed E-state index contributed by atoms with van der Waals surface area (Å²) in [7, 11) is 1.69. The van der Waals surface area contributed by atoms with E-state index < -0.39 is 0 Å². The summed E-state index contributed by atoms with van der Waals surface area (Å²) in [5.74, 6) is 1.81. The first kappa shape index (κ1) is 16.3. The number of methoxy groups -OCH3 is 1. The van der Waals surface area contributed by atoms with Gasteiger partial charge in [-0.1, -0.05) is 12.1 Å². The van der Waals surface area contributed by atoms with Crippen molar-refractivity contribution in [2.24, 2.45) is 0 Å². The molecule has 0 aliphatic carbocycles. The zero-order chi connectivity index (χ0) is 16.8. The number of pyridine rings is 1. The highest BCUT2D eigenvalue weighted by atomic mass is 16.5. The average Bonchev–Trinajstić information content (AvgIpc) is 2.67. The molecule has 5 heteroatoms. The molecule has 5 nitrogen and oxygen atoms in total. The van der Waals surface area contributed by atoms with Crippen LogP contribution in [0, 0.1) is 11.3 Å². The van der Waals surface area contributed by atoms with E-state index in [1.54, 1.807) is 19.4 Å². The summed E-state index contributed by atoms with van der Waals surface area (Å²) in [4.78, 5) is 9.13. The van der Waals surface area contributed by atoms with Crippen LogP contribution in [0.15, 0.2) is 42.6 Å². The Morgan fingerprint density at radius 3 is 2.54 bits per heavy atom. The van der Waals surface area contributed by atoms with Crippen LogP contribution in [-0.2, 0) is 6.42 Å². The molecule has 1 aromatic carbocycles. The fraction of sp³-hybridized carbons (Fsp3) is 0.368. The lowest BCUT2D eigenvalue weighted by molar-refractivity contribution is 0.260. The van der Waals surface area contributed by atoms with Crippen LogP contribution in [0.3, 0.4) is 0 Å². The van der Waals surface area contributed by atoms with Crippen molar-refractivity contribution in [3.63, 3.8) is 0 Å². The van der Waals surface area contributed by atoms with Crippen molar-refractivity contribution in [1.82, 2.24) is 9.88 Å². The van der Waals surface area contributed by atoms with Crippen LogP contribution in [0.1, 0.15) is 11.1 Å². The summed E-state index contributed by atoms with van der Waals surface area (Å²) in [5.41, 5.74) is 2.00. The van der Waals surface area contributed by atoms with Gasteiger partial charge in [-0.3, -0.25) is 4.90 Å². The molecule has 2 heterocycles. The first-order chi connectivity index (χ1) is 11.8. The Balaban J connectivity index is 1.48. The van der Waals surface area contributed by atoms with Crippen LogP contribution >= 0.6 is 0 Å². The first-order valence-corrected chi connectivity index (χ1v) is 8.25. The number of nitrogens with zero attached hydrogens (tertiary/aromatic N) is 4. The molecule has 0 atom stereocenters. The van der Waals surface area contributed by atoms with Gasteiger partial charge in [-0.05, 0) is 36.2 Å². The summed E-state index contributed by atoms with van der Waals surface area (Å²) in [5, 5.41) is 9.00. The van der Waals surface area contributed by atoms with Gasteiger partial charge >= 0.3 is 0 Å². The first-order valence-electron chi connectivity index (χ1n) is 8.25. The van der Waals surface area contributed by atoms with Crippen LogP contribution in [0.5, 0.6) is 5.75 Å². The van der Waals surface area contributed by atoms with Crippen molar-refractivity contribution in [3.05, 3.63) is 53.7 Å². The number of ether oxygens (including phenoxy) is 1. The van der Waals surface area contributed by atoms with Crippen LogP contribution in [0.25, 0.3) is 0 Å². The van der Waals surface area contributed by atoms with Crippen molar-refractivity contribution < 1.29 is 4.74 Å². The fourth-order valence-electron chi connectivity index (χ4n) is 2.94. The summed E-state index contributed by atoms with van der Waals surface area (Å²) in [6.07, 6.45) is 2.76. The van der Waals surface area contributed by atoms with Gasteiger partial charge in [0.2, 0.25) is 0 Å². The number of aromatic nitrogens is 1. The fourth-order valence-corrected chi connectivity index (χ4v) is 2.94. The molecule has 1 saturated heterocycles. The van der Waals surface area contributed by atoms with E-state index in [1.165, 1.54) is 5.56 Å². The van der Waals surface area contributed by atoms with Gasteiger partial charge < -0.3 is 9.64 Å². The molecule has 1 aliphatic rings. The van der Waals surface area contributed by atoms with Gasteiger partial charge in [0.15, 0.2) is 0 Å². The lowest BCUT2D eigenvalue weighted by Crippen LogP contribution is -2.47. The zero-order valence-electron chi connectivity index (χ0n) is 14.0. The predicted molar refractivity (Wildman–Crippen MR) is 94.3 cm³/mol. The van der Waals surface area contributed by atoms with E-state index in [2.05, 4.69) is 33.0 Å². The number of nitriles is 1. The maximum Gasteiger partial charge on any atom is 0.129 e. The quantitative estimate of drug-likeness (QED) is 0.845. The Kier molecular flexibility index (Phi) is 5.29. The summed E-state index contributed by atoms with van der Waals surface area (Å²) in [6, 6.07) is 14.1. The van der Waals surface area contributed by atoms with Crippen molar-refractivity contribution in [2.75, 3.05) is 44.7 Å². The van der Waals surface area contributed by atoms with Crippen molar-refractivity contribution in [2.45, 2.75) is 6.42 Å². The minimum atomic E-state index is 0.668. The molecular formula is C19H22N4O. The lowest BCUT2D eigenvalue weighted by Gasteiger charge is -2.35. The highest BCUT2D eigenvalue weighted by Gasteiger charge is 2.18. The Bertz CT molecular complexity index is 700. The van der Waals surface area contributed by atoms with Crippen LogP contribution in [-0.4, -0.2) is 49.7 Å². The molecule has 0 N–H and O–H groups in total. The molecule has 2 aromatic rings. The molecule has 1 fully saturated rings. The van der Waals surface area contributed by atoms with Crippen molar-refractivity contribution in [1.29, 1.82) is 5.26 Å². The second-order valence-electron chi connectivity index (χ2n) is 5.94. The molecule has 0 bridgehead atoms. The smallest absolute Gasteiger partial charge is 0.129 e. The summed E-state index contributed by atoms with van der Waals surface area (Å²) in [6.45, 7) is 5.00. The highest BCUT2D eigenvalue weighted by Crippen LogP contribution is 2.16. The molecule has 1 aromatic heterocycles. The molecule has 0 saturated carbocycles. The normalized spacial score (nSPS) is 15.1. The summed E-state index contributed by atoms with van der Waals surface area (Å²) < 4.78 is 5.19. The third kappa shape index (κ3) is 4.03. The Hall–Kier alpha value is -2.58. The largest absolute Gasteiger partial charge is 0.497 e. The number of anilines is 1. The average molecular weight is 322 g/mol. The van der Waals surface area contributed by atoms with Gasteiger partial charge in [0.05, 0.1) is 18.7 Å². The molecule has 3 rings (SSSR count). The number of benzene rings is 1. The molecule has 0 amide bonds. The topological polar surface area (TPSA) is 52.4 Å². The molecular weight excluding hydrogens is 300 g/mol. The van der Waals surface area contributed by atoms with E-state index >= 15 is 0 Å². The number of rotatable bonds is 5. The van der Waals surface area contributed by atoms with Gasteiger partial charge in [-0.15, -0.1) is 0 Å². The Labute approximate surface area is 143 Å². The second kappa shape index (κ2) is 7.80. The second-order valence-corrected chi connectivity index (χ2v) is 5.94. The molecule has 0 radical (unpaired) electrons.